The third kappa shape index (κ3) is 3.85. The van der Waals surface area contributed by atoms with E-state index in [0.29, 0.717) is 24.3 Å². The van der Waals surface area contributed by atoms with Crippen molar-refractivity contribution in [1.29, 1.82) is 0 Å². The molecule has 1 heterocycles. The van der Waals surface area contributed by atoms with Crippen molar-refractivity contribution in [2.45, 2.75) is 40.2 Å². The van der Waals surface area contributed by atoms with Crippen LogP contribution in [0.15, 0.2) is 10.7 Å². The van der Waals surface area contributed by atoms with Gasteiger partial charge in [-0.05, 0) is 18.8 Å². The van der Waals surface area contributed by atoms with Gasteiger partial charge in [0.1, 0.15) is 11.3 Å². The summed E-state index contributed by atoms with van der Waals surface area (Å²) in [6.45, 7) is 8.00. The SMILES string of the molecule is Cc1oncc1C(=O)NCC[C@H](O)C(C)(C)C. The van der Waals surface area contributed by atoms with E-state index in [2.05, 4.69) is 10.5 Å². The van der Waals surface area contributed by atoms with E-state index in [0.717, 1.165) is 0 Å². The Bertz CT molecular complexity index is 379. The number of aliphatic hydroxyl groups is 1. The van der Waals surface area contributed by atoms with Crippen molar-refractivity contribution in [2.24, 2.45) is 5.41 Å². The molecule has 0 aliphatic rings. The van der Waals surface area contributed by atoms with Crippen molar-refractivity contribution in [1.82, 2.24) is 10.5 Å². The molecule has 0 saturated heterocycles. The van der Waals surface area contributed by atoms with E-state index in [1.165, 1.54) is 6.20 Å². The van der Waals surface area contributed by atoms with Gasteiger partial charge in [0.15, 0.2) is 0 Å². The van der Waals surface area contributed by atoms with Gasteiger partial charge in [0.25, 0.3) is 5.91 Å². The summed E-state index contributed by atoms with van der Waals surface area (Å²) >= 11 is 0. The number of hydrogen-bond acceptors (Lipinski definition) is 4. The first-order chi connectivity index (χ1) is 7.82. The summed E-state index contributed by atoms with van der Waals surface area (Å²) in [4.78, 5) is 11.7. The minimum absolute atomic E-state index is 0.169. The fourth-order valence-electron chi connectivity index (χ4n) is 1.37. The number of hydrogen-bond donors (Lipinski definition) is 2. The number of aryl methyl sites for hydroxylation is 1. The van der Waals surface area contributed by atoms with Crippen LogP contribution in [-0.2, 0) is 0 Å². The Morgan fingerprint density at radius 1 is 1.59 bits per heavy atom. The highest BCUT2D eigenvalue weighted by molar-refractivity contribution is 5.94. The molecule has 0 aromatic carbocycles. The highest BCUT2D eigenvalue weighted by atomic mass is 16.5. The average Bonchev–Trinajstić information content (AvgIpc) is 2.62. The van der Waals surface area contributed by atoms with Crippen molar-refractivity contribution in [3.8, 4) is 0 Å². The molecule has 0 saturated carbocycles. The molecule has 17 heavy (non-hydrogen) atoms. The van der Waals surface area contributed by atoms with Gasteiger partial charge < -0.3 is 14.9 Å². The molecule has 2 N–H and O–H groups in total. The molecule has 0 spiro atoms. The lowest BCUT2D eigenvalue weighted by molar-refractivity contribution is 0.0551. The van der Waals surface area contributed by atoms with Crippen molar-refractivity contribution in [2.75, 3.05) is 6.54 Å². The van der Waals surface area contributed by atoms with E-state index in [4.69, 9.17) is 4.52 Å². The standard InChI is InChI=1S/C12H20N2O3/c1-8-9(7-14-17-8)11(16)13-6-5-10(15)12(2,3)4/h7,10,15H,5-6H2,1-4H3,(H,13,16)/t10-/m0/s1. The van der Waals surface area contributed by atoms with Crippen LogP contribution in [-0.4, -0.2) is 28.8 Å². The first-order valence-electron chi connectivity index (χ1n) is 5.70. The Morgan fingerprint density at radius 2 is 2.24 bits per heavy atom. The zero-order valence-electron chi connectivity index (χ0n) is 10.8. The molecule has 5 heteroatoms. The number of rotatable bonds is 4. The lowest BCUT2D eigenvalue weighted by Crippen LogP contribution is -2.32. The van der Waals surface area contributed by atoms with Gasteiger partial charge in [-0.3, -0.25) is 4.79 Å². The van der Waals surface area contributed by atoms with E-state index in [-0.39, 0.29) is 11.3 Å². The van der Waals surface area contributed by atoms with Gasteiger partial charge >= 0.3 is 0 Å². The number of nitrogens with zero attached hydrogens (tertiary/aromatic N) is 1. The van der Waals surface area contributed by atoms with Gasteiger partial charge in [-0.25, -0.2) is 0 Å². The number of aromatic nitrogens is 1. The number of carbonyl (C=O) groups excluding carboxylic acids is 1. The van der Waals surface area contributed by atoms with E-state index in [1.54, 1.807) is 6.92 Å². The van der Waals surface area contributed by atoms with Crippen molar-refractivity contribution in [3.05, 3.63) is 17.5 Å². The van der Waals surface area contributed by atoms with Crippen LogP contribution in [0.2, 0.25) is 0 Å². The summed E-state index contributed by atoms with van der Waals surface area (Å²) in [5.74, 6) is 0.281. The predicted molar refractivity (Wildman–Crippen MR) is 63.7 cm³/mol. The first kappa shape index (κ1) is 13.7. The molecule has 0 aliphatic carbocycles. The summed E-state index contributed by atoms with van der Waals surface area (Å²) in [5.41, 5.74) is 0.271. The third-order valence-electron chi connectivity index (χ3n) is 2.70. The monoisotopic (exact) mass is 240 g/mol. The molecule has 1 aromatic heterocycles. The summed E-state index contributed by atoms with van der Waals surface area (Å²) in [7, 11) is 0. The molecule has 1 amide bonds. The Labute approximate surface area is 101 Å². The number of carbonyl (C=O) groups is 1. The van der Waals surface area contributed by atoms with E-state index in [9.17, 15) is 9.90 Å². The van der Waals surface area contributed by atoms with Gasteiger partial charge in [-0.15, -0.1) is 0 Å². The van der Waals surface area contributed by atoms with Crippen molar-refractivity contribution in [3.63, 3.8) is 0 Å². The molecule has 0 bridgehead atoms. The van der Waals surface area contributed by atoms with E-state index in [1.807, 2.05) is 20.8 Å². The van der Waals surface area contributed by atoms with Gasteiger partial charge in [0, 0.05) is 6.54 Å². The second-order valence-electron chi connectivity index (χ2n) is 5.22. The van der Waals surface area contributed by atoms with Crippen LogP contribution in [0.3, 0.4) is 0 Å². The van der Waals surface area contributed by atoms with Crippen LogP contribution in [0.4, 0.5) is 0 Å². The molecule has 1 atom stereocenters. The topological polar surface area (TPSA) is 75.4 Å². The largest absolute Gasteiger partial charge is 0.393 e. The third-order valence-corrected chi connectivity index (χ3v) is 2.70. The summed E-state index contributed by atoms with van der Waals surface area (Å²) in [6.07, 6.45) is 1.48. The van der Waals surface area contributed by atoms with Gasteiger partial charge in [0.05, 0.1) is 12.3 Å². The zero-order chi connectivity index (χ0) is 13.1. The maximum Gasteiger partial charge on any atom is 0.256 e. The first-order valence-corrected chi connectivity index (χ1v) is 5.70. The maximum absolute atomic E-state index is 11.7. The highest BCUT2D eigenvalue weighted by Crippen LogP contribution is 2.20. The Hall–Kier alpha value is -1.36. The molecule has 0 unspecified atom stereocenters. The predicted octanol–water partition coefficient (Wildman–Crippen LogP) is 1.51. The molecule has 1 aromatic rings. The molecule has 0 aliphatic heterocycles. The van der Waals surface area contributed by atoms with Crippen LogP contribution < -0.4 is 5.32 Å². The molecular weight excluding hydrogens is 220 g/mol. The maximum atomic E-state index is 11.7. The molecule has 1 rings (SSSR count). The van der Waals surface area contributed by atoms with Crippen molar-refractivity contribution < 1.29 is 14.4 Å². The number of aliphatic hydroxyl groups excluding tert-OH is 1. The number of amides is 1. The average molecular weight is 240 g/mol. The number of nitrogens with one attached hydrogen (secondary N) is 1. The molecular formula is C12H20N2O3. The smallest absolute Gasteiger partial charge is 0.256 e. The minimum atomic E-state index is -0.439. The fourth-order valence-corrected chi connectivity index (χ4v) is 1.37. The van der Waals surface area contributed by atoms with Crippen molar-refractivity contribution >= 4 is 5.91 Å². The zero-order valence-corrected chi connectivity index (χ0v) is 10.8. The van der Waals surface area contributed by atoms with Crippen LogP contribution in [0.5, 0.6) is 0 Å². The van der Waals surface area contributed by atoms with E-state index < -0.39 is 6.10 Å². The van der Waals surface area contributed by atoms with Gasteiger partial charge in [-0.1, -0.05) is 25.9 Å². The lowest BCUT2D eigenvalue weighted by Gasteiger charge is -2.25. The van der Waals surface area contributed by atoms with Crippen LogP contribution in [0.25, 0.3) is 0 Å². The van der Waals surface area contributed by atoms with Crippen LogP contribution >= 0.6 is 0 Å². The molecule has 0 fully saturated rings. The van der Waals surface area contributed by atoms with E-state index >= 15 is 0 Å². The normalized spacial score (nSPS) is 13.5. The Balaban J connectivity index is 2.38. The molecule has 0 radical (unpaired) electrons. The summed E-state index contributed by atoms with van der Waals surface area (Å²) in [5, 5.41) is 16.1. The van der Waals surface area contributed by atoms with Crippen LogP contribution in [0.1, 0.15) is 43.3 Å². The quantitative estimate of drug-likeness (QED) is 0.836. The van der Waals surface area contributed by atoms with Crippen LogP contribution in [0, 0.1) is 12.3 Å². The highest BCUT2D eigenvalue weighted by Gasteiger charge is 2.22. The molecule has 5 nitrogen and oxygen atoms in total. The lowest BCUT2D eigenvalue weighted by atomic mass is 9.87. The second kappa shape index (κ2) is 5.31. The fraction of sp³-hybridized carbons (Fsp3) is 0.667. The minimum Gasteiger partial charge on any atom is -0.393 e. The molecule has 96 valence electrons. The van der Waals surface area contributed by atoms with Gasteiger partial charge in [-0.2, -0.15) is 0 Å². The summed E-state index contributed by atoms with van der Waals surface area (Å²) in [6, 6.07) is 0. The summed E-state index contributed by atoms with van der Waals surface area (Å²) < 4.78 is 4.81. The van der Waals surface area contributed by atoms with Gasteiger partial charge in [0.2, 0.25) is 0 Å². The Morgan fingerprint density at radius 3 is 2.71 bits per heavy atom. The second-order valence-corrected chi connectivity index (χ2v) is 5.22. The Kier molecular flexibility index (Phi) is 4.28.